The van der Waals surface area contributed by atoms with Crippen molar-refractivity contribution >= 4 is 11.9 Å². The molecule has 2 aliphatic heterocycles. The summed E-state index contributed by atoms with van der Waals surface area (Å²) >= 11 is 0. The zero-order valence-corrected chi connectivity index (χ0v) is 17.2. The normalized spacial score (nSPS) is 21.4. The van der Waals surface area contributed by atoms with E-state index in [-0.39, 0.29) is 12.3 Å². The van der Waals surface area contributed by atoms with Gasteiger partial charge in [-0.05, 0) is 38.6 Å². The Balaban J connectivity index is 0.000000396. The first-order chi connectivity index (χ1) is 14.0. The first-order valence-corrected chi connectivity index (χ1v) is 9.52. The lowest BCUT2D eigenvalue weighted by Gasteiger charge is -2.39. The second-order valence-corrected chi connectivity index (χ2v) is 7.82. The average molecular weight is 436 g/mol. The predicted octanol–water partition coefficient (Wildman–Crippen LogP) is 1.51. The van der Waals surface area contributed by atoms with Crippen molar-refractivity contribution < 1.29 is 37.1 Å². The van der Waals surface area contributed by atoms with Crippen molar-refractivity contribution in [1.29, 1.82) is 0 Å². The maximum atomic E-state index is 12.4. The highest BCUT2D eigenvalue weighted by molar-refractivity contribution is 5.77. The van der Waals surface area contributed by atoms with Crippen LogP contribution in [0.5, 0.6) is 0 Å². The van der Waals surface area contributed by atoms with Crippen molar-refractivity contribution in [2.45, 2.75) is 44.8 Å². The van der Waals surface area contributed by atoms with Gasteiger partial charge in [-0.15, -0.1) is 0 Å². The minimum Gasteiger partial charge on any atom is -0.475 e. The molecule has 0 radical (unpaired) electrons. The molecule has 30 heavy (non-hydrogen) atoms. The number of alkyl halides is 3. The molecule has 1 atom stereocenters. The molecule has 170 valence electrons. The quantitative estimate of drug-likeness (QED) is 0.757. The van der Waals surface area contributed by atoms with E-state index in [4.69, 9.17) is 19.2 Å². The van der Waals surface area contributed by atoms with Gasteiger partial charge < -0.3 is 24.2 Å². The van der Waals surface area contributed by atoms with Crippen molar-refractivity contribution in [3.63, 3.8) is 0 Å². The Bertz CT molecular complexity index is 732. The number of amides is 1. The largest absolute Gasteiger partial charge is 0.490 e. The molecule has 2 aliphatic rings. The molecular weight excluding hydrogens is 409 g/mol. The maximum absolute atomic E-state index is 12.4. The van der Waals surface area contributed by atoms with Crippen LogP contribution in [-0.2, 0) is 20.7 Å². The third-order valence-corrected chi connectivity index (χ3v) is 5.53. The number of carbonyl (C=O) groups excluding carboxylic acids is 1. The van der Waals surface area contributed by atoms with Crippen LogP contribution in [0, 0.1) is 12.3 Å². The van der Waals surface area contributed by atoms with E-state index in [9.17, 15) is 18.0 Å². The summed E-state index contributed by atoms with van der Waals surface area (Å²) in [5.41, 5.74) is 0.343. The number of rotatable bonds is 4. The monoisotopic (exact) mass is 436 g/mol. The Morgan fingerprint density at radius 1 is 1.33 bits per heavy atom. The van der Waals surface area contributed by atoms with E-state index in [1.165, 1.54) is 6.42 Å². The number of halogens is 3. The third kappa shape index (κ3) is 6.39. The van der Waals surface area contributed by atoms with Crippen LogP contribution in [0.3, 0.4) is 0 Å². The number of nitrogens with zero attached hydrogens (tertiary/aromatic N) is 4. The molecule has 2 saturated heterocycles. The lowest BCUT2D eigenvalue weighted by molar-refractivity contribution is -0.192. The van der Waals surface area contributed by atoms with Crippen molar-refractivity contribution in [2.75, 3.05) is 40.4 Å². The molecule has 1 amide bonds. The predicted molar refractivity (Wildman–Crippen MR) is 97.6 cm³/mol. The second-order valence-electron chi connectivity index (χ2n) is 7.82. The summed E-state index contributed by atoms with van der Waals surface area (Å²) in [4.78, 5) is 29.7. The molecule has 1 spiro atoms. The van der Waals surface area contributed by atoms with Gasteiger partial charge in [-0.25, -0.2) is 4.79 Å². The maximum Gasteiger partial charge on any atom is 0.490 e. The van der Waals surface area contributed by atoms with Gasteiger partial charge in [0.25, 0.3) is 0 Å². The van der Waals surface area contributed by atoms with Crippen LogP contribution in [0.25, 0.3) is 0 Å². The molecule has 1 aromatic rings. The molecule has 1 aromatic heterocycles. The highest BCUT2D eigenvalue weighted by Gasteiger charge is 2.44. The van der Waals surface area contributed by atoms with E-state index in [0.717, 1.165) is 39.1 Å². The van der Waals surface area contributed by atoms with E-state index in [0.29, 0.717) is 23.2 Å². The molecule has 0 aromatic carbocycles. The number of ether oxygens (including phenoxy) is 1. The number of aromatic nitrogens is 2. The fraction of sp³-hybridized carbons (Fsp3) is 0.778. The van der Waals surface area contributed by atoms with Gasteiger partial charge >= 0.3 is 12.1 Å². The van der Waals surface area contributed by atoms with Gasteiger partial charge in [0.15, 0.2) is 5.82 Å². The van der Waals surface area contributed by atoms with Gasteiger partial charge in [-0.3, -0.25) is 4.79 Å². The Morgan fingerprint density at radius 3 is 2.40 bits per heavy atom. The molecule has 3 rings (SSSR count). The number of carboxylic acid groups (broad SMARTS) is 1. The molecular formula is C18H27F3N4O5. The van der Waals surface area contributed by atoms with Crippen LogP contribution in [-0.4, -0.2) is 89.5 Å². The van der Waals surface area contributed by atoms with Crippen molar-refractivity contribution in [2.24, 2.45) is 5.41 Å². The van der Waals surface area contributed by atoms with E-state index in [2.05, 4.69) is 22.1 Å². The summed E-state index contributed by atoms with van der Waals surface area (Å²) < 4.78 is 42.1. The number of hydrogen-bond acceptors (Lipinski definition) is 7. The number of methoxy groups -OCH3 is 1. The number of hydrogen-bond donors (Lipinski definition) is 1. The number of likely N-dealkylation sites (N-methyl/N-ethyl adjacent to an activating group) is 1. The van der Waals surface area contributed by atoms with Crippen molar-refractivity contribution in [1.82, 2.24) is 19.9 Å². The first kappa shape index (κ1) is 24.1. The summed E-state index contributed by atoms with van der Waals surface area (Å²) in [6.07, 6.45) is -1.58. The lowest BCUT2D eigenvalue weighted by Crippen LogP contribution is -2.44. The SMILES string of the molecule is COCC1CC2(CCN(C(=O)Cc3nc(C)no3)CC2)CN1C.O=C(O)C(F)(F)F. The summed E-state index contributed by atoms with van der Waals surface area (Å²) in [6, 6.07) is 0.503. The first-order valence-electron chi connectivity index (χ1n) is 9.52. The van der Waals surface area contributed by atoms with Gasteiger partial charge in [0.2, 0.25) is 11.8 Å². The number of likely N-dealkylation sites (tertiary alicyclic amines) is 2. The van der Waals surface area contributed by atoms with E-state index in [1.807, 2.05) is 4.90 Å². The summed E-state index contributed by atoms with van der Waals surface area (Å²) in [5.74, 6) is -1.69. The van der Waals surface area contributed by atoms with Crippen LogP contribution < -0.4 is 0 Å². The summed E-state index contributed by atoms with van der Waals surface area (Å²) in [7, 11) is 3.94. The van der Waals surface area contributed by atoms with Crippen LogP contribution in [0.2, 0.25) is 0 Å². The van der Waals surface area contributed by atoms with Gasteiger partial charge in [-0.2, -0.15) is 18.2 Å². The Hall–Kier alpha value is -2.21. The molecule has 3 heterocycles. The minimum atomic E-state index is -5.08. The third-order valence-electron chi connectivity index (χ3n) is 5.53. The molecule has 9 nitrogen and oxygen atoms in total. The molecule has 0 bridgehead atoms. The standard InChI is InChI=1S/C16H26N4O3.C2HF3O2/c1-12-17-14(23-18-12)8-15(21)20-6-4-16(5-7-20)9-13(10-22-3)19(2)11-16;3-2(4,5)1(6)7/h13H,4-11H2,1-3H3;(H,6,7). The highest BCUT2D eigenvalue weighted by atomic mass is 19.4. The Labute approximate surface area is 172 Å². The second kappa shape index (κ2) is 9.73. The molecule has 0 saturated carbocycles. The van der Waals surface area contributed by atoms with Crippen molar-refractivity contribution in [3.05, 3.63) is 11.7 Å². The number of aryl methyl sites for hydroxylation is 1. The van der Waals surface area contributed by atoms with E-state index >= 15 is 0 Å². The van der Waals surface area contributed by atoms with Crippen LogP contribution >= 0.6 is 0 Å². The lowest BCUT2D eigenvalue weighted by atomic mass is 9.76. The zero-order chi connectivity index (χ0) is 22.5. The van der Waals surface area contributed by atoms with Crippen LogP contribution in [0.1, 0.15) is 31.0 Å². The number of carbonyl (C=O) groups is 2. The smallest absolute Gasteiger partial charge is 0.475 e. The zero-order valence-electron chi connectivity index (χ0n) is 17.2. The Kier molecular flexibility index (Phi) is 7.81. The minimum absolute atomic E-state index is 0.0864. The van der Waals surface area contributed by atoms with Crippen molar-refractivity contribution in [3.8, 4) is 0 Å². The molecule has 1 N–H and O–H groups in total. The highest BCUT2D eigenvalue weighted by Crippen LogP contribution is 2.42. The van der Waals surface area contributed by atoms with Gasteiger partial charge in [0, 0.05) is 32.8 Å². The number of aliphatic carboxylic acids is 1. The van der Waals surface area contributed by atoms with Gasteiger partial charge in [0.05, 0.1) is 6.61 Å². The topological polar surface area (TPSA) is 109 Å². The molecule has 1 unspecified atom stereocenters. The fourth-order valence-corrected chi connectivity index (χ4v) is 4.00. The molecule has 2 fully saturated rings. The average Bonchev–Trinajstić information content (AvgIpc) is 3.18. The molecule has 12 heteroatoms. The number of carboxylic acids is 1. The van der Waals surface area contributed by atoms with E-state index in [1.54, 1.807) is 14.0 Å². The van der Waals surface area contributed by atoms with Crippen LogP contribution in [0.15, 0.2) is 4.52 Å². The van der Waals surface area contributed by atoms with E-state index < -0.39 is 12.1 Å². The fourth-order valence-electron chi connectivity index (χ4n) is 4.00. The van der Waals surface area contributed by atoms with Crippen LogP contribution in [0.4, 0.5) is 13.2 Å². The summed E-state index contributed by atoms with van der Waals surface area (Å²) in [6.45, 7) is 5.29. The van der Waals surface area contributed by atoms with Gasteiger partial charge in [-0.1, -0.05) is 5.16 Å². The summed E-state index contributed by atoms with van der Waals surface area (Å²) in [5, 5.41) is 10.9. The molecule has 0 aliphatic carbocycles. The number of piperidine rings is 1. The Morgan fingerprint density at radius 2 is 1.93 bits per heavy atom. The van der Waals surface area contributed by atoms with Gasteiger partial charge in [0.1, 0.15) is 6.42 Å².